The molecule has 0 atom stereocenters. The summed E-state index contributed by atoms with van der Waals surface area (Å²) in [6, 6.07) is 12.5. The number of carbonyl (C=O) groups is 1. The second kappa shape index (κ2) is 8.08. The second-order valence-corrected chi connectivity index (χ2v) is 4.96. The Morgan fingerprint density at radius 2 is 1.83 bits per heavy atom. The molecule has 5 nitrogen and oxygen atoms in total. The Kier molecular flexibility index (Phi) is 5.86. The fourth-order valence-corrected chi connectivity index (χ4v) is 2.06. The summed E-state index contributed by atoms with van der Waals surface area (Å²) in [6.07, 6.45) is 1.84. The first-order valence-electron chi connectivity index (χ1n) is 7.53. The second-order valence-electron chi connectivity index (χ2n) is 4.96. The minimum Gasteiger partial charge on any atom is -0.493 e. The lowest BCUT2D eigenvalue weighted by Gasteiger charge is -2.17. The van der Waals surface area contributed by atoms with Crippen LogP contribution in [0.5, 0.6) is 23.0 Å². The molecule has 2 aromatic carbocycles. The van der Waals surface area contributed by atoms with Gasteiger partial charge in [0.2, 0.25) is 5.75 Å². The molecule has 0 bridgehead atoms. The number of methoxy groups -OCH3 is 1. The number of hydrogen-bond donors (Lipinski definition) is 1. The third kappa shape index (κ3) is 4.16. The molecule has 0 aromatic heterocycles. The number of rotatable bonds is 8. The van der Waals surface area contributed by atoms with Crippen LogP contribution in [0.2, 0.25) is 0 Å². The van der Waals surface area contributed by atoms with Crippen molar-refractivity contribution >= 4 is 5.91 Å². The topological polar surface area (TPSA) is 70.8 Å². The Hall–Kier alpha value is -2.69. The molecule has 0 radical (unpaired) electrons. The maximum atomic E-state index is 11.7. The summed E-state index contributed by atoms with van der Waals surface area (Å²) in [5.41, 5.74) is 5.73. The number of hydrogen-bond acceptors (Lipinski definition) is 4. The molecule has 122 valence electrons. The van der Waals surface area contributed by atoms with Crippen molar-refractivity contribution < 1.29 is 19.0 Å². The van der Waals surface area contributed by atoms with Crippen molar-refractivity contribution in [2.24, 2.45) is 5.73 Å². The lowest BCUT2D eigenvalue weighted by molar-refractivity contribution is 0.0995. The molecule has 0 unspecified atom stereocenters. The van der Waals surface area contributed by atoms with Crippen molar-refractivity contribution in [2.45, 2.75) is 19.8 Å². The van der Waals surface area contributed by atoms with Gasteiger partial charge < -0.3 is 19.9 Å². The fraction of sp³-hybridized carbons (Fsp3) is 0.278. The normalized spacial score (nSPS) is 10.2. The van der Waals surface area contributed by atoms with Crippen LogP contribution in [-0.2, 0) is 0 Å². The smallest absolute Gasteiger partial charge is 0.252 e. The summed E-state index contributed by atoms with van der Waals surface area (Å²) in [5, 5.41) is 0. The van der Waals surface area contributed by atoms with Crippen molar-refractivity contribution in [3.8, 4) is 23.0 Å². The average molecular weight is 315 g/mol. The molecule has 0 fully saturated rings. The predicted molar refractivity (Wildman–Crippen MR) is 88.4 cm³/mol. The molecule has 0 aliphatic rings. The molecule has 2 N–H and O–H groups in total. The molecule has 0 spiro atoms. The van der Waals surface area contributed by atoms with Crippen LogP contribution in [0.25, 0.3) is 0 Å². The number of carbonyl (C=O) groups excluding carboxylic acids is 1. The molecule has 2 aromatic rings. The minimum atomic E-state index is -0.572. The number of amides is 1. The highest BCUT2D eigenvalue weighted by molar-refractivity contribution is 5.97. The first-order chi connectivity index (χ1) is 11.2. The summed E-state index contributed by atoms with van der Waals surface area (Å²) in [5.74, 6) is 1.19. The van der Waals surface area contributed by atoms with Gasteiger partial charge in [-0.3, -0.25) is 4.79 Å². The highest BCUT2D eigenvalue weighted by atomic mass is 16.5. The van der Waals surface area contributed by atoms with Gasteiger partial charge in [-0.25, -0.2) is 0 Å². The van der Waals surface area contributed by atoms with E-state index in [1.165, 1.54) is 7.11 Å². The zero-order valence-electron chi connectivity index (χ0n) is 13.4. The molecule has 5 heteroatoms. The van der Waals surface area contributed by atoms with Crippen LogP contribution < -0.4 is 19.9 Å². The van der Waals surface area contributed by atoms with Gasteiger partial charge in [0.15, 0.2) is 11.5 Å². The molecule has 0 heterocycles. The lowest BCUT2D eigenvalue weighted by Crippen LogP contribution is -2.14. The zero-order valence-corrected chi connectivity index (χ0v) is 13.4. The monoisotopic (exact) mass is 315 g/mol. The summed E-state index contributed by atoms with van der Waals surface area (Å²) in [7, 11) is 1.53. The third-order valence-corrected chi connectivity index (χ3v) is 3.27. The van der Waals surface area contributed by atoms with Gasteiger partial charge in [0.1, 0.15) is 5.75 Å². The van der Waals surface area contributed by atoms with E-state index in [1.807, 2.05) is 30.3 Å². The number of para-hydroxylation sites is 1. The van der Waals surface area contributed by atoms with E-state index in [-0.39, 0.29) is 5.56 Å². The van der Waals surface area contributed by atoms with Crippen LogP contribution in [0.1, 0.15) is 30.1 Å². The van der Waals surface area contributed by atoms with Crippen molar-refractivity contribution in [2.75, 3.05) is 13.7 Å². The zero-order chi connectivity index (χ0) is 16.7. The summed E-state index contributed by atoms with van der Waals surface area (Å²) in [4.78, 5) is 11.7. The van der Waals surface area contributed by atoms with Gasteiger partial charge in [0.05, 0.1) is 19.3 Å². The van der Waals surface area contributed by atoms with Crippen molar-refractivity contribution in [3.05, 3.63) is 48.0 Å². The Labute approximate surface area is 136 Å². The van der Waals surface area contributed by atoms with Crippen LogP contribution in [0.15, 0.2) is 42.5 Å². The Balaban J connectivity index is 2.45. The summed E-state index contributed by atoms with van der Waals surface area (Å²) in [6.45, 7) is 2.53. The number of nitrogens with two attached hydrogens (primary N) is 1. The van der Waals surface area contributed by atoms with Crippen LogP contribution >= 0.6 is 0 Å². The Bertz CT molecular complexity index is 656. The fourth-order valence-electron chi connectivity index (χ4n) is 2.06. The van der Waals surface area contributed by atoms with E-state index in [1.54, 1.807) is 12.1 Å². The Morgan fingerprint density at radius 3 is 2.43 bits per heavy atom. The Morgan fingerprint density at radius 1 is 1.09 bits per heavy atom. The molecule has 2 rings (SSSR count). The molecule has 0 aliphatic carbocycles. The molecule has 0 saturated carbocycles. The van der Waals surface area contributed by atoms with Crippen molar-refractivity contribution in [3.63, 3.8) is 0 Å². The summed E-state index contributed by atoms with van der Waals surface area (Å²) < 4.78 is 17.0. The number of ether oxygens (including phenoxy) is 3. The van der Waals surface area contributed by atoms with E-state index in [9.17, 15) is 4.79 Å². The van der Waals surface area contributed by atoms with Gasteiger partial charge in [-0.15, -0.1) is 0 Å². The summed E-state index contributed by atoms with van der Waals surface area (Å²) >= 11 is 0. The average Bonchev–Trinajstić information content (AvgIpc) is 2.56. The SMILES string of the molecule is CCCCOc1c(C(N)=O)ccc(OC)c1Oc1ccccc1. The van der Waals surface area contributed by atoms with Gasteiger partial charge in [-0.2, -0.15) is 0 Å². The molecular weight excluding hydrogens is 294 g/mol. The standard InChI is InChI=1S/C18H21NO4/c1-3-4-12-22-16-14(18(19)20)10-11-15(21-2)17(16)23-13-8-6-5-7-9-13/h5-11H,3-4,12H2,1-2H3,(H2,19,20). The largest absolute Gasteiger partial charge is 0.493 e. The number of benzene rings is 2. The van der Waals surface area contributed by atoms with Crippen LogP contribution in [0.3, 0.4) is 0 Å². The number of unbranched alkanes of at least 4 members (excludes halogenated alkanes) is 1. The van der Waals surface area contributed by atoms with E-state index < -0.39 is 5.91 Å². The van der Waals surface area contributed by atoms with E-state index in [4.69, 9.17) is 19.9 Å². The van der Waals surface area contributed by atoms with Gasteiger partial charge in [0.25, 0.3) is 5.91 Å². The van der Waals surface area contributed by atoms with Crippen molar-refractivity contribution in [1.29, 1.82) is 0 Å². The molecule has 0 saturated heterocycles. The van der Waals surface area contributed by atoms with Gasteiger partial charge in [0, 0.05) is 0 Å². The lowest BCUT2D eigenvalue weighted by atomic mass is 10.1. The maximum Gasteiger partial charge on any atom is 0.252 e. The van der Waals surface area contributed by atoms with Crippen LogP contribution in [0.4, 0.5) is 0 Å². The highest BCUT2D eigenvalue weighted by Crippen LogP contribution is 2.42. The molecular formula is C18H21NO4. The van der Waals surface area contributed by atoms with E-state index >= 15 is 0 Å². The molecule has 0 aliphatic heterocycles. The van der Waals surface area contributed by atoms with Crippen LogP contribution in [-0.4, -0.2) is 19.6 Å². The predicted octanol–water partition coefficient (Wildman–Crippen LogP) is 3.77. The van der Waals surface area contributed by atoms with E-state index in [0.717, 1.165) is 12.8 Å². The molecule has 23 heavy (non-hydrogen) atoms. The van der Waals surface area contributed by atoms with Crippen LogP contribution in [0, 0.1) is 0 Å². The van der Waals surface area contributed by atoms with Gasteiger partial charge >= 0.3 is 0 Å². The van der Waals surface area contributed by atoms with E-state index in [2.05, 4.69) is 6.92 Å². The highest BCUT2D eigenvalue weighted by Gasteiger charge is 2.21. The van der Waals surface area contributed by atoms with E-state index in [0.29, 0.717) is 29.6 Å². The first kappa shape index (κ1) is 16.7. The quantitative estimate of drug-likeness (QED) is 0.753. The van der Waals surface area contributed by atoms with Gasteiger partial charge in [-0.1, -0.05) is 31.5 Å². The van der Waals surface area contributed by atoms with Crippen molar-refractivity contribution in [1.82, 2.24) is 0 Å². The molecule has 1 amide bonds. The third-order valence-electron chi connectivity index (χ3n) is 3.27. The number of primary amides is 1. The van der Waals surface area contributed by atoms with Gasteiger partial charge in [-0.05, 0) is 30.7 Å². The maximum absolute atomic E-state index is 11.7. The minimum absolute atomic E-state index is 0.271. The first-order valence-corrected chi connectivity index (χ1v) is 7.53.